The second-order valence-corrected chi connectivity index (χ2v) is 3.21. The molecule has 2 rings (SSSR count). The fraction of sp³-hybridized carbons (Fsp3) is 0.154. The molecule has 2 nitrogen and oxygen atoms in total. The zero-order valence-corrected chi connectivity index (χ0v) is 8.68. The SMILES string of the molecule is CC=CCOc1cccc2cccnc12. The van der Waals surface area contributed by atoms with E-state index in [1.165, 1.54) is 0 Å². The molecule has 0 aliphatic rings. The van der Waals surface area contributed by atoms with Gasteiger partial charge in [-0.1, -0.05) is 30.4 Å². The first-order valence-electron chi connectivity index (χ1n) is 4.99. The van der Waals surface area contributed by atoms with Crippen molar-refractivity contribution < 1.29 is 4.74 Å². The van der Waals surface area contributed by atoms with Gasteiger partial charge in [0.1, 0.15) is 17.9 Å². The van der Waals surface area contributed by atoms with Crippen LogP contribution in [0.3, 0.4) is 0 Å². The van der Waals surface area contributed by atoms with Crippen molar-refractivity contribution in [2.24, 2.45) is 0 Å². The lowest BCUT2D eigenvalue weighted by Crippen LogP contribution is -1.94. The predicted molar refractivity (Wildman–Crippen MR) is 62.1 cm³/mol. The Morgan fingerprint density at radius 3 is 3.00 bits per heavy atom. The van der Waals surface area contributed by atoms with Crippen molar-refractivity contribution >= 4 is 10.9 Å². The van der Waals surface area contributed by atoms with Gasteiger partial charge in [0, 0.05) is 11.6 Å². The number of ether oxygens (including phenoxy) is 1. The molecular weight excluding hydrogens is 186 g/mol. The van der Waals surface area contributed by atoms with Gasteiger partial charge in [0.15, 0.2) is 0 Å². The Balaban J connectivity index is 2.34. The standard InChI is InChI=1S/C13H13NO/c1-2-3-10-15-12-8-4-6-11-7-5-9-14-13(11)12/h2-9H,10H2,1H3. The van der Waals surface area contributed by atoms with E-state index >= 15 is 0 Å². The molecule has 0 saturated heterocycles. The lowest BCUT2D eigenvalue weighted by atomic mass is 10.2. The molecule has 2 aromatic rings. The Morgan fingerprint density at radius 2 is 2.13 bits per heavy atom. The Kier molecular flexibility index (Phi) is 2.98. The highest BCUT2D eigenvalue weighted by Crippen LogP contribution is 2.22. The molecule has 0 radical (unpaired) electrons. The third-order valence-electron chi connectivity index (χ3n) is 2.17. The summed E-state index contributed by atoms with van der Waals surface area (Å²) in [4.78, 5) is 4.31. The zero-order chi connectivity index (χ0) is 10.5. The first-order valence-corrected chi connectivity index (χ1v) is 4.99. The van der Waals surface area contributed by atoms with Crippen LogP contribution in [-0.4, -0.2) is 11.6 Å². The number of allylic oxidation sites excluding steroid dienone is 1. The minimum Gasteiger partial charge on any atom is -0.487 e. The Hall–Kier alpha value is -1.83. The normalized spacial score (nSPS) is 11.0. The van der Waals surface area contributed by atoms with Crippen LogP contribution in [0.5, 0.6) is 5.75 Å². The van der Waals surface area contributed by atoms with E-state index in [2.05, 4.69) is 4.98 Å². The summed E-state index contributed by atoms with van der Waals surface area (Å²) in [5.74, 6) is 0.839. The minimum absolute atomic E-state index is 0.589. The number of rotatable bonds is 3. The van der Waals surface area contributed by atoms with Crippen molar-refractivity contribution in [3.05, 3.63) is 48.7 Å². The third-order valence-corrected chi connectivity index (χ3v) is 2.17. The number of fused-ring (bicyclic) bond motifs is 1. The Labute approximate surface area is 89.2 Å². The molecule has 0 N–H and O–H groups in total. The van der Waals surface area contributed by atoms with Gasteiger partial charge in [0.05, 0.1) is 0 Å². The number of nitrogens with zero attached hydrogens (tertiary/aromatic N) is 1. The van der Waals surface area contributed by atoms with E-state index in [-0.39, 0.29) is 0 Å². The molecule has 0 fully saturated rings. The van der Waals surface area contributed by atoms with Gasteiger partial charge in [-0.2, -0.15) is 0 Å². The molecule has 0 unspecified atom stereocenters. The van der Waals surface area contributed by atoms with Gasteiger partial charge in [-0.05, 0) is 19.1 Å². The molecule has 0 amide bonds. The molecule has 0 atom stereocenters. The molecule has 76 valence electrons. The van der Waals surface area contributed by atoms with Crippen LogP contribution < -0.4 is 4.74 Å². The van der Waals surface area contributed by atoms with E-state index in [1.807, 2.05) is 49.4 Å². The molecule has 1 aromatic carbocycles. The number of hydrogen-bond acceptors (Lipinski definition) is 2. The van der Waals surface area contributed by atoms with Gasteiger partial charge < -0.3 is 4.74 Å². The van der Waals surface area contributed by atoms with Crippen LogP contribution in [0.15, 0.2) is 48.7 Å². The summed E-state index contributed by atoms with van der Waals surface area (Å²) in [5.41, 5.74) is 0.921. The number of benzene rings is 1. The van der Waals surface area contributed by atoms with Gasteiger partial charge in [-0.15, -0.1) is 0 Å². The van der Waals surface area contributed by atoms with E-state index in [0.29, 0.717) is 6.61 Å². The molecule has 2 heteroatoms. The van der Waals surface area contributed by atoms with Crippen LogP contribution >= 0.6 is 0 Å². The van der Waals surface area contributed by atoms with E-state index in [4.69, 9.17) is 4.74 Å². The largest absolute Gasteiger partial charge is 0.487 e. The zero-order valence-electron chi connectivity index (χ0n) is 8.68. The summed E-state index contributed by atoms with van der Waals surface area (Å²) in [5, 5.41) is 1.11. The first kappa shape index (κ1) is 9.71. The van der Waals surface area contributed by atoms with Gasteiger partial charge in [0.25, 0.3) is 0 Å². The maximum atomic E-state index is 5.61. The highest BCUT2D eigenvalue weighted by Gasteiger charge is 2.00. The van der Waals surface area contributed by atoms with E-state index < -0.39 is 0 Å². The summed E-state index contributed by atoms with van der Waals surface area (Å²) >= 11 is 0. The van der Waals surface area contributed by atoms with Crippen molar-refractivity contribution in [1.29, 1.82) is 0 Å². The molecule has 0 bridgehead atoms. The van der Waals surface area contributed by atoms with Gasteiger partial charge in [-0.25, -0.2) is 0 Å². The first-order chi connectivity index (χ1) is 7.42. The predicted octanol–water partition coefficient (Wildman–Crippen LogP) is 3.19. The number of para-hydroxylation sites is 1. The molecule has 1 heterocycles. The van der Waals surface area contributed by atoms with Crippen molar-refractivity contribution in [3.8, 4) is 5.75 Å². The Morgan fingerprint density at radius 1 is 1.27 bits per heavy atom. The topological polar surface area (TPSA) is 22.1 Å². The minimum atomic E-state index is 0.589. The van der Waals surface area contributed by atoms with E-state index in [0.717, 1.165) is 16.7 Å². The highest BCUT2D eigenvalue weighted by molar-refractivity contribution is 5.84. The van der Waals surface area contributed by atoms with Crippen LogP contribution in [0, 0.1) is 0 Å². The average molecular weight is 199 g/mol. The number of aromatic nitrogens is 1. The monoisotopic (exact) mass is 199 g/mol. The summed E-state index contributed by atoms with van der Waals surface area (Å²) < 4.78 is 5.61. The van der Waals surface area contributed by atoms with E-state index in [1.54, 1.807) is 6.20 Å². The molecule has 0 aliphatic carbocycles. The third kappa shape index (κ3) is 2.15. The maximum Gasteiger partial charge on any atom is 0.145 e. The van der Waals surface area contributed by atoms with Crippen LogP contribution in [0.2, 0.25) is 0 Å². The molecule has 0 aliphatic heterocycles. The summed E-state index contributed by atoms with van der Waals surface area (Å²) in [6.45, 7) is 2.57. The van der Waals surface area contributed by atoms with Gasteiger partial charge in [0.2, 0.25) is 0 Å². The lowest BCUT2D eigenvalue weighted by Gasteiger charge is -2.05. The average Bonchev–Trinajstić information content (AvgIpc) is 2.30. The number of hydrogen-bond donors (Lipinski definition) is 0. The van der Waals surface area contributed by atoms with Crippen molar-refractivity contribution in [3.63, 3.8) is 0 Å². The van der Waals surface area contributed by atoms with Crippen molar-refractivity contribution in [2.75, 3.05) is 6.61 Å². The van der Waals surface area contributed by atoms with Crippen LogP contribution in [0.1, 0.15) is 6.92 Å². The van der Waals surface area contributed by atoms with Crippen LogP contribution in [0.25, 0.3) is 10.9 Å². The second-order valence-electron chi connectivity index (χ2n) is 3.21. The molecular formula is C13H13NO. The fourth-order valence-corrected chi connectivity index (χ4v) is 1.43. The smallest absolute Gasteiger partial charge is 0.145 e. The highest BCUT2D eigenvalue weighted by atomic mass is 16.5. The summed E-state index contributed by atoms with van der Waals surface area (Å²) in [7, 11) is 0. The molecule has 0 saturated carbocycles. The summed E-state index contributed by atoms with van der Waals surface area (Å²) in [6.07, 6.45) is 5.73. The van der Waals surface area contributed by atoms with Crippen LogP contribution in [0.4, 0.5) is 0 Å². The lowest BCUT2D eigenvalue weighted by molar-refractivity contribution is 0.366. The fourth-order valence-electron chi connectivity index (χ4n) is 1.43. The van der Waals surface area contributed by atoms with Gasteiger partial charge in [-0.3, -0.25) is 4.98 Å². The van der Waals surface area contributed by atoms with Crippen molar-refractivity contribution in [2.45, 2.75) is 6.92 Å². The summed E-state index contributed by atoms with van der Waals surface area (Å²) in [6, 6.07) is 9.92. The number of pyridine rings is 1. The molecule has 1 aromatic heterocycles. The van der Waals surface area contributed by atoms with Gasteiger partial charge >= 0.3 is 0 Å². The maximum absolute atomic E-state index is 5.61. The Bertz CT molecular complexity index is 471. The van der Waals surface area contributed by atoms with Crippen molar-refractivity contribution in [1.82, 2.24) is 4.98 Å². The van der Waals surface area contributed by atoms with Crippen LogP contribution in [-0.2, 0) is 0 Å². The second kappa shape index (κ2) is 4.60. The molecule has 15 heavy (non-hydrogen) atoms. The van der Waals surface area contributed by atoms with E-state index in [9.17, 15) is 0 Å². The molecule has 0 spiro atoms. The quantitative estimate of drug-likeness (QED) is 0.708.